The average molecular weight is 155 g/mol. The zero-order chi connectivity index (χ0) is 8.10. The van der Waals surface area contributed by atoms with Gasteiger partial charge >= 0.3 is 0 Å². The lowest BCUT2D eigenvalue weighted by Crippen LogP contribution is -2.21. The second-order valence-corrected chi connectivity index (χ2v) is 4.05. The Morgan fingerprint density at radius 2 is 1.82 bits per heavy atom. The molecule has 1 aliphatic rings. The van der Waals surface area contributed by atoms with Crippen molar-refractivity contribution in [1.29, 1.82) is 0 Å². The maximum absolute atomic E-state index is 2.47. The summed E-state index contributed by atoms with van der Waals surface area (Å²) in [5, 5.41) is 0. The Hall–Kier alpha value is -0.0400. The van der Waals surface area contributed by atoms with Gasteiger partial charge in [0.1, 0.15) is 0 Å². The molecule has 1 unspecified atom stereocenters. The van der Waals surface area contributed by atoms with Gasteiger partial charge in [-0.05, 0) is 38.9 Å². The van der Waals surface area contributed by atoms with Crippen LogP contribution in [0.25, 0.3) is 0 Å². The quantitative estimate of drug-likeness (QED) is 0.519. The topological polar surface area (TPSA) is 3.24 Å². The molecule has 66 valence electrons. The maximum atomic E-state index is 2.47. The lowest BCUT2D eigenvalue weighted by Gasteiger charge is -2.16. The highest BCUT2D eigenvalue weighted by Gasteiger charge is 2.07. The Bertz CT molecular complexity index is 89.0. The second-order valence-electron chi connectivity index (χ2n) is 4.05. The molecule has 1 saturated heterocycles. The lowest BCUT2D eigenvalue weighted by molar-refractivity contribution is 0.311. The average Bonchev–Trinajstić information content (AvgIpc) is 2.06. The first-order valence-corrected chi connectivity index (χ1v) is 4.97. The molecule has 0 amide bonds. The summed E-state index contributed by atoms with van der Waals surface area (Å²) in [6.07, 6.45) is 7.15. The van der Waals surface area contributed by atoms with Gasteiger partial charge in [-0.1, -0.05) is 26.2 Å². The van der Waals surface area contributed by atoms with E-state index in [9.17, 15) is 0 Å². The van der Waals surface area contributed by atoms with Crippen LogP contribution in [0, 0.1) is 5.92 Å². The third-order valence-corrected chi connectivity index (χ3v) is 2.74. The maximum Gasteiger partial charge on any atom is -0.00192 e. The van der Waals surface area contributed by atoms with Gasteiger partial charge < -0.3 is 4.90 Å². The number of rotatable bonds is 0. The van der Waals surface area contributed by atoms with Crippen LogP contribution in [0.5, 0.6) is 0 Å². The van der Waals surface area contributed by atoms with E-state index in [1.54, 1.807) is 0 Å². The first kappa shape index (κ1) is 9.05. The molecule has 1 nitrogen and oxygen atoms in total. The van der Waals surface area contributed by atoms with Crippen LogP contribution in [0.4, 0.5) is 0 Å². The SMILES string of the molecule is CC1CCCCCN(C)CC1. The van der Waals surface area contributed by atoms with Gasteiger partial charge in [0.05, 0.1) is 0 Å². The van der Waals surface area contributed by atoms with E-state index in [-0.39, 0.29) is 0 Å². The fourth-order valence-corrected chi connectivity index (χ4v) is 1.75. The highest BCUT2D eigenvalue weighted by Crippen LogP contribution is 2.15. The van der Waals surface area contributed by atoms with E-state index in [1.165, 1.54) is 45.2 Å². The molecule has 0 aromatic heterocycles. The van der Waals surface area contributed by atoms with Crippen molar-refractivity contribution in [1.82, 2.24) is 4.90 Å². The van der Waals surface area contributed by atoms with E-state index >= 15 is 0 Å². The second kappa shape index (κ2) is 4.76. The molecule has 0 radical (unpaired) electrons. The van der Waals surface area contributed by atoms with Crippen molar-refractivity contribution in [2.24, 2.45) is 5.92 Å². The fraction of sp³-hybridized carbons (Fsp3) is 1.00. The monoisotopic (exact) mass is 155 g/mol. The predicted octanol–water partition coefficient (Wildman–Crippen LogP) is 2.52. The summed E-state index contributed by atoms with van der Waals surface area (Å²) in [6, 6.07) is 0. The van der Waals surface area contributed by atoms with Gasteiger partial charge in [-0.25, -0.2) is 0 Å². The van der Waals surface area contributed by atoms with Crippen LogP contribution in [0.1, 0.15) is 39.0 Å². The predicted molar refractivity (Wildman–Crippen MR) is 49.7 cm³/mol. The largest absolute Gasteiger partial charge is 0.306 e. The minimum atomic E-state index is 0.954. The minimum Gasteiger partial charge on any atom is -0.306 e. The highest BCUT2D eigenvalue weighted by molar-refractivity contribution is 4.61. The van der Waals surface area contributed by atoms with Crippen molar-refractivity contribution in [3.63, 3.8) is 0 Å². The van der Waals surface area contributed by atoms with Crippen molar-refractivity contribution >= 4 is 0 Å². The molecule has 0 saturated carbocycles. The summed E-state index contributed by atoms with van der Waals surface area (Å²) < 4.78 is 0. The molecule has 0 aromatic carbocycles. The molecule has 0 spiro atoms. The third kappa shape index (κ3) is 3.76. The fourth-order valence-electron chi connectivity index (χ4n) is 1.75. The molecular formula is C10H21N. The van der Waals surface area contributed by atoms with E-state index in [2.05, 4.69) is 18.9 Å². The third-order valence-electron chi connectivity index (χ3n) is 2.74. The van der Waals surface area contributed by atoms with Crippen molar-refractivity contribution in [3.8, 4) is 0 Å². The summed E-state index contributed by atoms with van der Waals surface area (Å²) in [4.78, 5) is 2.47. The Kier molecular flexibility index (Phi) is 3.92. The van der Waals surface area contributed by atoms with Crippen LogP contribution < -0.4 is 0 Å². The standard InChI is InChI=1S/C10H21N/c1-10-6-4-3-5-8-11(2)9-7-10/h10H,3-9H2,1-2H3. The van der Waals surface area contributed by atoms with Gasteiger partial charge in [0.2, 0.25) is 0 Å². The Morgan fingerprint density at radius 1 is 1.00 bits per heavy atom. The van der Waals surface area contributed by atoms with E-state index in [0.29, 0.717) is 0 Å². The summed E-state index contributed by atoms with van der Waals surface area (Å²) in [6.45, 7) is 5.01. The first-order valence-electron chi connectivity index (χ1n) is 4.97. The van der Waals surface area contributed by atoms with Crippen molar-refractivity contribution in [2.45, 2.75) is 39.0 Å². The van der Waals surface area contributed by atoms with Gasteiger partial charge in [0, 0.05) is 0 Å². The van der Waals surface area contributed by atoms with Crippen LogP contribution >= 0.6 is 0 Å². The summed E-state index contributed by atoms with van der Waals surface area (Å²) in [5.41, 5.74) is 0. The molecule has 1 heteroatoms. The Labute approximate surface area is 70.8 Å². The van der Waals surface area contributed by atoms with Gasteiger partial charge in [-0.3, -0.25) is 0 Å². The van der Waals surface area contributed by atoms with E-state index in [0.717, 1.165) is 5.92 Å². The van der Waals surface area contributed by atoms with Crippen LogP contribution in [-0.2, 0) is 0 Å². The number of nitrogens with zero attached hydrogens (tertiary/aromatic N) is 1. The molecule has 0 aliphatic carbocycles. The molecular weight excluding hydrogens is 134 g/mol. The van der Waals surface area contributed by atoms with Gasteiger partial charge in [0.25, 0.3) is 0 Å². The van der Waals surface area contributed by atoms with Gasteiger partial charge in [-0.15, -0.1) is 0 Å². The van der Waals surface area contributed by atoms with Crippen LogP contribution in [-0.4, -0.2) is 25.0 Å². The van der Waals surface area contributed by atoms with Crippen molar-refractivity contribution in [2.75, 3.05) is 20.1 Å². The molecule has 0 bridgehead atoms. The molecule has 0 N–H and O–H groups in total. The number of hydrogen-bond donors (Lipinski definition) is 0. The summed E-state index contributed by atoms with van der Waals surface area (Å²) in [7, 11) is 2.25. The molecule has 1 fully saturated rings. The Balaban J connectivity index is 2.25. The molecule has 0 aromatic rings. The summed E-state index contributed by atoms with van der Waals surface area (Å²) >= 11 is 0. The van der Waals surface area contributed by atoms with E-state index in [1.807, 2.05) is 0 Å². The van der Waals surface area contributed by atoms with Crippen molar-refractivity contribution in [3.05, 3.63) is 0 Å². The lowest BCUT2D eigenvalue weighted by atomic mass is 10.0. The highest BCUT2D eigenvalue weighted by atomic mass is 15.1. The zero-order valence-corrected chi connectivity index (χ0v) is 7.97. The molecule has 1 rings (SSSR count). The molecule has 1 aliphatic heterocycles. The van der Waals surface area contributed by atoms with Crippen LogP contribution in [0.3, 0.4) is 0 Å². The smallest absolute Gasteiger partial charge is 0.00192 e. The molecule has 1 atom stereocenters. The Morgan fingerprint density at radius 3 is 2.64 bits per heavy atom. The molecule has 1 heterocycles. The van der Waals surface area contributed by atoms with E-state index < -0.39 is 0 Å². The molecule has 11 heavy (non-hydrogen) atoms. The summed E-state index contributed by atoms with van der Waals surface area (Å²) in [5.74, 6) is 0.954. The van der Waals surface area contributed by atoms with Gasteiger partial charge in [-0.2, -0.15) is 0 Å². The van der Waals surface area contributed by atoms with Gasteiger partial charge in [0.15, 0.2) is 0 Å². The van der Waals surface area contributed by atoms with Crippen LogP contribution in [0.2, 0.25) is 0 Å². The first-order chi connectivity index (χ1) is 5.29. The zero-order valence-electron chi connectivity index (χ0n) is 7.97. The van der Waals surface area contributed by atoms with E-state index in [4.69, 9.17) is 0 Å². The van der Waals surface area contributed by atoms with Crippen LogP contribution in [0.15, 0.2) is 0 Å². The normalized spacial score (nSPS) is 30.5. The van der Waals surface area contributed by atoms with Crippen molar-refractivity contribution < 1.29 is 0 Å². The minimum absolute atomic E-state index is 0.954. The number of hydrogen-bond acceptors (Lipinski definition) is 1.